The lowest BCUT2D eigenvalue weighted by atomic mass is 9.94. The van der Waals surface area contributed by atoms with Gasteiger partial charge in [-0.15, -0.1) is 0 Å². The molecule has 0 amide bonds. The van der Waals surface area contributed by atoms with Crippen molar-refractivity contribution in [3.05, 3.63) is 34.4 Å². The zero-order valence-electron chi connectivity index (χ0n) is 14.1. The van der Waals surface area contributed by atoms with Crippen molar-refractivity contribution in [1.82, 2.24) is 10.2 Å². The van der Waals surface area contributed by atoms with Gasteiger partial charge in [-0.3, -0.25) is 0 Å². The van der Waals surface area contributed by atoms with Gasteiger partial charge in [0.25, 0.3) is 0 Å². The fourth-order valence-corrected chi connectivity index (χ4v) is 4.12. The summed E-state index contributed by atoms with van der Waals surface area (Å²) in [6.45, 7) is 12.8. The minimum Gasteiger partial charge on any atom is -0.310 e. The summed E-state index contributed by atoms with van der Waals surface area (Å²) in [6.07, 6.45) is 4.26. The van der Waals surface area contributed by atoms with Gasteiger partial charge >= 0.3 is 0 Å². The van der Waals surface area contributed by atoms with Crippen molar-refractivity contribution >= 4 is 0 Å². The summed E-state index contributed by atoms with van der Waals surface area (Å²) in [5.74, 6) is 0.846. The lowest BCUT2D eigenvalue weighted by molar-refractivity contribution is 0.310. The van der Waals surface area contributed by atoms with Crippen LogP contribution in [0.4, 0.5) is 0 Å². The molecule has 1 aliphatic heterocycles. The Balaban J connectivity index is 1.55. The van der Waals surface area contributed by atoms with Crippen molar-refractivity contribution in [2.45, 2.75) is 59.0 Å². The van der Waals surface area contributed by atoms with Gasteiger partial charge in [-0.05, 0) is 82.7 Å². The van der Waals surface area contributed by atoms with Crippen LogP contribution in [0.2, 0.25) is 0 Å². The van der Waals surface area contributed by atoms with Crippen molar-refractivity contribution in [2.24, 2.45) is 5.92 Å². The van der Waals surface area contributed by atoms with E-state index in [1.807, 2.05) is 0 Å². The molecule has 2 atom stereocenters. The van der Waals surface area contributed by atoms with Gasteiger partial charge in [0.2, 0.25) is 0 Å². The van der Waals surface area contributed by atoms with Crippen molar-refractivity contribution in [2.75, 3.05) is 19.6 Å². The Morgan fingerprint density at radius 2 is 1.81 bits per heavy atom. The molecule has 1 aromatic rings. The van der Waals surface area contributed by atoms with Gasteiger partial charge < -0.3 is 10.2 Å². The summed E-state index contributed by atoms with van der Waals surface area (Å²) >= 11 is 0. The largest absolute Gasteiger partial charge is 0.310 e. The summed E-state index contributed by atoms with van der Waals surface area (Å²) in [4.78, 5) is 2.71. The maximum Gasteiger partial charge on any atom is 0.0297 e. The monoisotopic (exact) mass is 286 g/mol. The van der Waals surface area contributed by atoms with Gasteiger partial charge in [0.05, 0.1) is 0 Å². The van der Waals surface area contributed by atoms with Gasteiger partial charge in [-0.2, -0.15) is 0 Å². The third-order valence-corrected chi connectivity index (χ3v) is 5.26. The van der Waals surface area contributed by atoms with E-state index in [2.05, 4.69) is 50.0 Å². The predicted molar refractivity (Wildman–Crippen MR) is 89.8 cm³/mol. The first-order chi connectivity index (χ1) is 10.0. The molecule has 0 spiro atoms. The van der Waals surface area contributed by atoms with Gasteiger partial charge in [-0.25, -0.2) is 0 Å². The normalized spacial score (nSPS) is 24.5. The standard InChI is InChI=1S/C19H30N2/c1-13-9-14(2)19(15(3)10-13)16(4)20-11-17-7-8-21(12-17)18-5-6-18/h9-10,16-18,20H,5-8,11-12H2,1-4H3. The molecular weight excluding hydrogens is 256 g/mol. The van der Waals surface area contributed by atoms with E-state index in [9.17, 15) is 0 Å². The summed E-state index contributed by atoms with van der Waals surface area (Å²) < 4.78 is 0. The second-order valence-corrected chi connectivity index (χ2v) is 7.32. The number of rotatable bonds is 5. The number of hydrogen-bond acceptors (Lipinski definition) is 2. The van der Waals surface area contributed by atoms with E-state index in [4.69, 9.17) is 0 Å². The molecule has 2 fully saturated rings. The smallest absolute Gasteiger partial charge is 0.0297 e. The van der Waals surface area contributed by atoms with E-state index in [1.165, 1.54) is 54.6 Å². The Labute approximate surface area is 129 Å². The number of likely N-dealkylation sites (tertiary alicyclic amines) is 1. The number of aryl methyl sites for hydroxylation is 3. The third-order valence-electron chi connectivity index (χ3n) is 5.26. The molecule has 3 rings (SSSR count). The van der Waals surface area contributed by atoms with Crippen LogP contribution >= 0.6 is 0 Å². The first kappa shape index (κ1) is 15.1. The van der Waals surface area contributed by atoms with Crippen molar-refractivity contribution in [3.63, 3.8) is 0 Å². The zero-order chi connectivity index (χ0) is 15.0. The highest BCUT2D eigenvalue weighted by Crippen LogP contribution is 2.32. The molecular formula is C19H30N2. The summed E-state index contributed by atoms with van der Waals surface area (Å²) in [7, 11) is 0. The molecule has 1 saturated heterocycles. The fraction of sp³-hybridized carbons (Fsp3) is 0.684. The number of nitrogens with one attached hydrogen (secondary N) is 1. The molecule has 1 aliphatic carbocycles. The Bertz CT molecular complexity index is 481. The highest BCUT2D eigenvalue weighted by molar-refractivity contribution is 5.39. The van der Waals surface area contributed by atoms with E-state index in [0.717, 1.165) is 18.5 Å². The van der Waals surface area contributed by atoms with Crippen LogP contribution in [0.3, 0.4) is 0 Å². The quantitative estimate of drug-likeness (QED) is 0.887. The Hall–Kier alpha value is -0.860. The van der Waals surface area contributed by atoms with Crippen LogP contribution in [-0.4, -0.2) is 30.6 Å². The first-order valence-corrected chi connectivity index (χ1v) is 8.59. The van der Waals surface area contributed by atoms with Gasteiger partial charge in [0, 0.05) is 18.6 Å². The highest BCUT2D eigenvalue weighted by atomic mass is 15.2. The number of benzene rings is 1. The van der Waals surface area contributed by atoms with Gasteiger partial charge in [0.1, 0.15) is 0 Å². The molecule has 1 heterocycles. The predicted octanol–water partition coefficient (Wildman–Crippen LogP) is 3.75. The van der Waals surface area contributed by atoms with Crippen molar-refractivity contribution in [3.8, 4) is 0 Å². The first-order valence-electron chi connectivity index (χ1n) is 8.59. The van der Waals surface area contributed by atoms with E-state index in [0.29, 0.717) is 6.04 Å². The van der Waals surface area contributed by atoms with Crippen LogP contribution in [0, 0.1) is 26.7 Å². The van der Waals surface area contributed by atoms with Gasteiger partial charge in [-0.1, -0.05) is 17.7 Å². The average molecular weight is 286 g/mol. The molecule has 21 heavy (non-hydrogen) atoms. The molecule has 2 aliphatic rings. The molecule has 0 bridgehead atoms. The molecule has 1 saturated carbocycles. The van der Waals surface area contributed by atoms with Gasteiger partial charge in [0.15, 0.2) is 0 Å². The number of nitrogens with zero attached hydrogens (tertiary/aromatic N) is 1. The molecule has 2 heteroatoms. The maximum atomic E-state index is 3.80. The minimum absolute atomic E-state index is 0.459. The number of hydrogen-bond donors (Lipinski definition) is 1. The van der Waals surface area contributed by atoms with Crippen LogP contribution < -0.4 is 5.32 Å². The third kappa shape index (κ3) is 3.49. The van der Waals surface area contributed by atoms with Crippen LogP contribution in [0.5, 0.6) is 0 Å². The molecule has 0 radical (unpaired) electrons. The average Bonchev–Trinajstić information content (AvgIpc) is 3.14. The van der Waals surface area contributed by atoms with E-state index >= 15 is 0 Å². The topological polar surface area (TPSA) is 15.3 Å². The molecule has 2 unspecified atom stereocenters. The van der Waals surface area contributed by atoms with E-state index in [1.54, 1.807) is 0 Å². The fourth-order valence-electron chi connectivity index (χ4n) is 4.12. The van der Waals surface area contributed by atoms with Crippen LogP contribution in [0.25, 0.3) is 0 Å². The molecule has 1 N–H and O–H groups in total. The maximum absolute atomic E-state index is 3.80. The second-order valence-electron chi connectivity index (χ2n) is 7.32. The summed E-state index contributed by atoms with van der Waals surface area (Å²) in [5, 5.41) is 3.80. The molecule has 2 nitrogen and oxygen atoms in total. The SMILES string of the molecule is Cc1cc(C)c(C(C)NCC2CCN(C3CC3)C2)c(C)c1. The molecule has 1 aromatic carbocycles. The lowest BCUT2D eigenvalue weighted by Gasteiger charge is -2.22. The van der Waals surface area contributed by atoms with Crippen LogP contribution in [0.1, 0.15) is 54.5 Å². The molecule has 116 valence electrons. The van der Waals surface area contributed by atoms with Crippen molar-refractivity contribution in [1.29, 1.82) is 0 Å². The Kier molecular flexibility index (Phi) is 4.37. The van der Waals surface area contributed by atoms with Crippen LogP contribution in [-0.2, 0) is 0 Å². The Morgan fingerprint density at radius 3 is 2.43 bits per heavy atom. The van der Waals surface area contributed by atoms with Crippen LogP contribution in [0.15, 0.2) is 12.1 Å². The zero-order valence-corrected chi connectivity index (χ0v) is 14.1. The van der Waals surface area contributed by atoms with E-state index in [-0.39, 0.29) is 0 Å². The van der Waals surface area contributed by atoms with Crippen molar-refractivity contribution < 1.29 is 0 Å². The Morgan fingerprint density at radius 1 is 1.14 bits per heavy atom. The summed E-state index contributed by atoms with van der Waals surface area (Å²) in [6, 6.07) is 6.02. The van der Waals surface area contributed by atoms with E-state index < -0.39 is 0 Å². The molecule has 0 aromatic heterocycles. The highest BCUT2D eigenvalue weighted by Gasteiger charge is 2.34. The minimum atomic E-state index is 0.459. The second kappa shape index (κ2) is 6.10. The summed E-state index contributed by atoms with van der Waals surface area (Å²) in [5.41, 5.74) is 5.73. The lowest BCUT2D eigenvalue weighted by Crippen LogP contribution is -2.29.